The zero-order valence-electron chi connectivity index (χ0n) is 12.6. The van der Waals surface area contributed by atoms with E-state index in [2.05, 4.69) is 40.6 Å². The van der Waals surface area contributed by atoms with Gasteiger partial charge in [0.25, 0.3) is 0 Å². The summed E-state index contributed by atoms with van der Waals surface area (Å²) in [6, 6.07) is 2.01. The second kappa shape index (κ2) is 5.31. The molecule has 0 bridgehead atoms. The molecule has 1 aliphatic heterocycles. The van der Waals surface area contributed by atoms with Crippen LogP contribution in [0.15, 0.2) is 18.5 Å². The normalized spacial score (nSPS) is 18.1. The SMILES string of the molecule is CC(C)c1nnc2n1[C@@H](C)CN(C(=O)Cn1cccn1)C2. The fraction of sp³-hybridized carbons (Fsp3) is 0.571. The Balaban J connectivity index is 1.77. The molecule has 2 aromatic heterocycles. The lowest BCUT2D eigenvalue weighted by atomic mass is 10.1. The first-order chi connectivity index (χ1) is 10.1. The van der Waals surface area contributed by atoms with E-state index in [1.807, 2.05) is 11.0 Å². The van der Waals surface area contributed by atoms with E-state index in [0.717, 1.165) is 11.6 Å². The van der Waals surface area contributed by atoms with Crippen LogP contribution in [0.4, 0.5) is 0 Å². The van der Waals surface area contributed by atoms with Gasteiger partial charge in [0.2, 0.25) is 5.91 Å². The highest BCUT2D eigenvalue weighted by molar-refractivity contribution is 5.76. The third-order valence-corrected chi connectivity index (χ3v) is 3.78. The van der Waals surface area contributed by atoms with Crippen molar-refractivity contribution in [1.82, 2.24) is 29.4 Å². The monoisotopic (exact) mass is 288 g/mol. The van der Waals surface area contributed by atoms with Gasteiger partial charge >= 0.3 is 0 Å². The van der Waals surface area contributed by atoms with Gasteiger partial charge in [0.05, 0.1) is 12.6 Å². The maximum Gasteiger partial charge on any atom is 0.244 e. The average Bonchev–Trinajstić information content (AvgIpc) is 3.07. The quantitative estimate of drug-likeness (QED) is 0.851. The molecule has 0 aliphatic carbocycles. The number of rotatable bonds is 3. The summed E-state index contributed by atoms with van der Waals surface area (Å²) in [5.74, 6) is 2.26. The van der Waals surface area contributed by atoms with Crippen LogP contribution in [-0.2, 0) is 17.9 Å². The Labute approximate surface area is 123 Å². The lowest BCUT2D eigenvalue weighted by molar-refractivity contribution is -0.134. The standard InChI is InChI=1S/C14H20N6O/c1-10(2)14-17-16-12-8-18(7-11(3)20(12)14)13(21)9-19-6-4-5-15-19/h4-6,10-11H,7-9H2,1-3H3/t11-/m0/s1. The predicted molar refractivity (Wildman–Crippen MR) is 76.5 cm³/mol. The van der Waals surface area contributed by atoms with Gasteiger partial charge in [0.1, 0.15) is 12.4 Å². The highest BCUT2D eigenvalue weighted by Gasteiger charge is 2.29. The maximum absolute atomic E-state index is 12.4. The van der Waals surface area contributed by atoms with Crippen LogP contribution in [0.3, 0.4) is 0 Å². The van der Waals surface area contributed by atoms with E-state index in [4.69, 9.17) is 0 Å². The minimum Gasteiger partial charge on any atom is -0.331 e. The summed E-state index contributed by atoms with van der Waals surface area (Å²) >= 11 is 0. The van der Waals surface area contributed by atoms with Crippen molar-refractivity contribution in [2.75, 3.05) is 6.54 Å². The van der Waals surface area contributed by atoms with Gasteiger partial charge in [-0.05, 0) is 13.0 Å². The minimum absolute atomic E-state index is 0.0610. The van der Waals surface area contributed by atoms with Gasteiger partial charge in [-0.3, -0.25) is 9.48 Å². The van der Waals surface area contributed by atoms with Crippen LogP contribution >= 0.6 is 0 Å². The first-order valence-corrected chi connectivity index (χ1v) is 7.25. The summed E-state index contributed by atoms with van der Waals surface area (Å²) in [5.41, 5.74) is 0. The lowest BCUT2D eigenvalue weighted by Crippen LogP contribution is -2.42. The van der Waals surface area contributed by atoms with Crippen molar-refractivity contribution in [2.24, 2.45) is 0 Å². The van der Waals surface area contributed by atoms with Crippen molar-refractivity contribution in [2.45, 2.75) is 45.8 Å². The number of nitrogens with zero attached hydrogens (tertiary/aromatic N) is 6. The van der Waals surface area contributed by atoms with Crippen molar-refractivity contribution >= 4 is 5.91 Å². The highest BCUT2D eigenvalue weighted by Crippen LogP contribution is 2.25. The summed E-state index contributed by atoms with van der Waals surface area (Å²) in [6.45, 7) is 7.80. The fourth-order valence-corrected chi connectivity index (χ4v) is 2.78. The molecule has 3 heterocycles. The molecule has 0 spiro atoms. The molecule has 21 heavy (non-hydrogen) atoms. The molecule has 7 heteroatoms. The van der Waals surface area contributed by atoms with Crippen LogP contribution in [-0.4, -0.2) is 41.9 Å². The van der Waals surface area contributed by atoms with Gasteiger partial charge in [-0.25, -0.2) is 0 Å². The van der Waals surface area contributed by atoms with Crippen LogP contribution in [0.2, 0.25) is 0 Å². The molecule has 0 radical (unpaired) electrons. The van der Waals surface area contributed by atoms with E-state index < -0.39 is 0 Å². The van der Waals surface area contributed by atoms with Crippen molar-refractivity contribution in [3.05, 3.63) is 30.1 Å². The van der Waals surface area contributed by atoms with Crippen LogP contribution in [0.25, 0.3) is 0 Å². The molecule has 1 atom stereocenters. The van der Waals surface area contributed by atoms with Gasteiger partial charge < -0.3 is 9.47 Å². The molecule has 7 nitrogen and oxygen atoms in total. The van der Waals surface area contributed by atoms with E-state index in [1.165, 1.54) is 0 Å². The number of aromatic nitrogens is 5. The molecule has 112 valence electrons. The molecular formula is C14H20N6O. The van der Waals surface area contributed by atoms with Gasteiger partial charge in [0, 0.05) is 24.9 Å². The molecule has 0 unspecified atom stereocenters. The summed E-state index contributed by atoms with van der Waals surface area (Å²) in [5, 5.41) is 12.6. The van der Waals surface area contributed by atoms with E-state index in [0.29, 0.717) is 19.0 Å². The Morgan fingerprint density at radius 2 is 2.24 bits per heavy atom. The van der Waals surface area contributed by atoms with E-state index in [1.54, 1.807) is 17.1 Å². The maximum atomic E-state index is 12.4. The summed E-state index contributed by atoms with van der Waals surface area (Å²) < 4.78 is 3.81. The third-order valence-electron chi connectivity index (χ3n) is 3.78. The van der Waals surface area contributed by atoms with Gasteiger partial charge in [-0.1, -0.05) is 13.8 Å². The van der Waals surface area contributed by atoms with Crippen molar-refractivity contribution in [3.63, 3.8) is 0 Å². The molecule has 0 saturated carbocycles. The molecule has 0 N–H and O–H groups in total. The number of hydrogen-bond acceptors (Lipinski definition) is 4. The Morgan fingerprint density at radius 1 is 1.43 bits per heavy atom. The average molecular weight is 288 g/mol. The third kappa shape index (κ3) is 2.55. The Hall–Kier alpha value is -2.18. The zero-order valence-corrected chi connectivity index (χ0v) is 12.6. The van der Waals surface area contributed by atoms with Gasteiger partial charge in [0.15, 0.2) is 5.82 Å². The lowest BCUT2D eigenvalue weighted by Gasteiger charge is -2.33. The number of amides is 1. The molecule has 3 rings (SSSR count). The second-order valence-corrected chi connectivity index (χ2v) is 5.83. The zero-order chi connectivity index (χ0) is 15.0. The second-order valence-electron chi connectivity index (χ2n) is 5.83. The molecular weight excluding hydrogens is 268 g/mol. The topological polar surface area (TPSA) is 68.8 Å². The summed E-state index contributed by atoms with van der Waals surface area (Å²) in [4.78, 5) is 14.2. The smallest absolute Gasteiger partial charge is 0.244 e. The molecule has 0 saturated heterocycles. The molecule has 1 amide bonds. The van der Waals surface area contributed by atoms with E-state index >= 15 is 0 Å². The van der Waals surface area contributed by atoms with Gasteiger partial charge in [-0.2, -0.15) is 5.10 Å². The molecule has 2 aromatic rings. The highest BCUT2D eigenvalue weighted by atomic mass is 16.2. The number of fused-ring (bicyclic) bond motifs is 1. The molecule has 0 fully saturated rings. The van der Waals surface area contributed by atoms with E-state index in [9.17, 15) is 4.79 Å². The van der Waals surface area contributed by atoms with Crippen LogP contribution < -0.4 is 0 Å². The Bertz CT molecular complexity index is 630. The first-order valence-electron chi connectivity index (χ1n) is 7.25. The number of hydrogen-bond donors (Lipinski definition) is 0. The van der Waals surface area contributed by atoms with Crippen LogP contribution in [0.1, 0.15) is 44.4 Å². The Kier molecular flexibility index (Phi) is 3.48. The van der Waals surface area contributed by atoms with Crippen LogP contribution in [0, 0.1) is 0 Å². The molecule has 0 aromatic carbocycles. The van der Waals surface area contributed by atoms with Crippen molar-refractivity contribution in [1.29, 1.82) is 0 Å². The van der Waals surface area contributed by atoms with Crippen LogP contribution in [0.5, 0.6) is 0 Å². The van der Waals surface area contributed by atoms with Crippen molar-refractivity contribution in [3.8, 4) is 0 Å². The molecule has 1 aliphatic rings. The first kappa shape index (κ1) is 13.8. The number of carbonyl (C=O) groups excluding carboxylic acids is 1. The largest absolute Gasteiger partial charge is 0.331 e. The summed E-state index contributed by atoms with van der Waals surface area (Å²) in [7, 11) is 0. The van der Waals surface area contributed by atoms with Crippen molar-refractivity contribution < 1.29 is 4.79 Å². The fourth-order valence-electron chi connectivity index (χ4n) is 2.78. The predicted octanol–water partition coefficient (Wildman–Crippen LogP) is 1.20. The number of carbonyl (C=O) groups is 1. The van der Waals surface area contributed by atoms with E-state index in [-0.39, 0.29) is 18.5 Å². The summed E-state index contributed by atoms with van der Waals surface area (Å²) in [6.07, 6.45) is 3.47. The Morgan fingerprint density at radius 3 is 2.90 bits per heavy atom. The minimum atomic E-state index is 0.0610. The van der Waals surface area contributed by atoms with Gasteiger partial charge in [-0.15, -0.1) is 10.2 Å².